The molecule has 0 bridgehead atoms. The number of carbonyl (C=O) groups is 2. The van der Waals surface area contributed by atoms with Crippen LogP contribution in [0.2, 0.25) is 0 Å². The molecule has 0 saturated heterocycles. The van der Waals surface area contributed by atoms with Gasteiger partial charge in [-0.15, -0.1) is 0 Å². The molecule has 1 aromatic carbocycles. The number of carbonyl (C=O) groups excluding carboxylic acids is 2. The van der Waals surface area contributed by atoms with Crippen molar-refractivity contribution in [2.45, 2.75) is 32.8 Å². The third kappa shape index (κ3) is 3.65. The van der Waals surface area contributed by atoms with Crippen LogP contribution in [0.3, 0.4) is 0 Å². The summed E-state index contributed by atoms with van der Waals surface area (Å²) in [6, 6.07) is 5.50. The van der Waals surface area contributed by atoms with Crippen LogP contribution in [0.15, 0.2) is 18.2 Å². The van der Waals surface area contributed by atoms with Gasteiger partial charge in [0.1, 0.15) is 5.60 Å². The fourth-order valence-corrected chi connectivity index (χ4v) is 2.69. The van der Waals surface area contributed by atoms with Crippen molar-refractivity contribution in [3.63, 3.8) is 0 Å². The van der Waals surface area contributed by atoms with E-state index in [1.807, 2.05) is 26.0 Å². The molecule has 0 N–H and O–H groups in total. The maximum atomic E-state index is 12.1. The van der Waals surface area contributed by atoms with Crippen LogP contribution >= 0.6 is 12.1 Å². The molecule has 0 atom stereocenters. The first-order chi connectivity index (χ1) is 10.2. The van der Waals surface area contributed by atoms with E-state index in [0.717, 1.165) is 24.1 Å². The van der Waals surface area contributed by atoms with Crippen LogP contribution < -0.4 is 9.47 Å². The van der Waals surface area contributed by atoms with Crippen molar-refractivity contribution in [2.24, 2.45) is 0 Å². The second-order valence-corrected chi connectivity index (χ2v) is 7.01. The Kier molecular flexibility index (Phi) is 4.55. The molecule has 22 heavy (non-hydrogen) atoms. The first-order valence-corrected chi connectivity index (χ1v) is 7.61. The highest BCUT2D eigenvalue weighted by atomic mass is 32.2. The first kappa shape index (κ1) is 16.5. The smallest absolute Gasteiger partial charge is 0.426 e. The Morgan fingerprint density at radius 3 is 2.59 bits per heavy atom. The second kappa shape index (κ2) is 6.08. The summed E-state index contributed by atoms with van der Waals surface area (Å²) in [4.78, 5) is 23.3. The van der Waals surface area contributed by atoms with Gasteiger partial charge in [-0.3, -0.25) is 9.10 Å². The van der Waals surface area contributed by atoms with E-state index in [4.69, 9.17) is 9.47 Å². The van der Waals surface area contributed by atoms with E-state index in [9.17, 15) is 9.59 Å². The van der Waals surface area contributed by atoms with Crippen LogP contribution in [0.4, 0.5) is 4.79 Å². The Morgan fingerprint density at radius 2 is 1.95 bits per heavy atom. The highest BCUT2D eigenvalue weighted by molar-refractivity contribution is 7.95. The molecule has 0 aromatic heterocycles. The van der Waals surface area contributed by atoms with Crippen LogP contribution in [0.1, 0.15) is 26.3 Å². The number of para-hydroxylation sites is 1. The standard InChI is InChI=1S/C15H20N2O4S/c1-10(18)16(4)22-17(5)14(19)20-12-8-6-7-11-9-15(2,3)21-13(11)12/h6-8H,9H2,1-5H3. The van der Waals surface area contributed by atoms with Crippen molar-refractivity contribution >= 4 is 24.1 Å². The first-order valence-electron chi connectivity index (χ1n) is 6.88. The largest absolute Gasteiger partial charge is 0.483 e. The second-order valence-electron chi connectivity index (χ2n) is 5.75. The molecule has 7 heteroatoms. The fourth-order valence-electron chi connectivity index (χ4n) is 2.10. The summed E-state index contributed by atoms with van der Waals surface area (Å²) >= 11 is 0.970. The van der Waals surface area contributed by atoms with Gasteiger partial charge < -0.3 is 9.47 Å². The summed E-state index contributed by atoms with van der Waals surface area (Å²) in [5, 5.41) is 0. The minimum atomic E-state index is -0.570. The minimum Gasteiger partial charge on any atom is -0.483 e. The van der Waals surface area contributed by atoms with Crippen molar-refractivity contribution in [3.8, 4) is 11.5 Å². The molecule has 6 nitrogen and oxygen atoms in total. The third-order valence-electron chi connectivity index (χ3n) is 3.20. The number of fused-ring (bicyclic) bond motifs is 1. The molecule has 1 heterocycles. The van der Waals surface area contributed by atoms with E-state index in [0.29, 0.717) is 11.5 Å². The molecule has 0 aliphatic carbocycles. The van der Waals surface area contributed by atoms with Crippen molar-refractivity contribution in [1.82, 2.24) is 8.61 Å². The van der Waals surface area contributed by atoms with Crippen LogP contribution in [-0.4, -0.2) is 40.3 Å². The molecular weight excluding hydrogens is 304 g/mol. The molecule has 2 amide bonds. The fraction of sp³-hybridized carbons (Fsp3) is 0.467. The van der Waals surface area contributed by atoms with Gasteiger partial charge in [0.15, 0.2) is 11.5 Å². The van der Waals surface area contributed by atoms with Crippen molar-refractivity contribution in [2.75, 3.05) is 14.1 Å². The van der Waals surface area contributed by atoms with Gasteiger partial charge in [0.2, 0.25) is 5.91 Å². The van der Waals surface area contributed by atoms with Gasteiger partial charge in [0, 0.05) is 33.0 Å². The van der Waals surface area contributed by atoms with Crippen molar-refractivity contribution in [1.29, 1.82) is 0 Å². The highest BCUT2D eigenvalue weighted by Crippen LogP contribution is 2.42. The van der Waals surface area contributed by atoms with Crippen LogP contribution in [0.25, 0.3) is 0 Å². The molecule has 1 aliphatic heterocycles. The number of ether oxygens (including phenoxy) is 2. The van der Waals surface area contributed by atoms with Crippen LogP contribution in [-0.2, 0) is 11.2 Å². The normalized spacial score (nSPS) is 14.8. The predicted octanol–water partition coefficient (Wildman–Crippen LogP) is 2.87. The molecule has 1 aliphatic rings. The highest BCUT2D eigenvalue weighted by Gasteiger charge is 2.33. The van der Waals surface area contributed by atoms with E-state index in [1.54, 1.807) is 20.2 Å². The lowest BCUT2D eigenvalue weighted by molar-refractivity contribution is -0.123. The lowest BCUT2D eigenvalue weighted by atomic mass is 10.0. The zero-order valence-electron chi connectivity index (χ0n) is 13.4. The summed E-state index contributed by atoms with van der Waals surface area (Å²) in [7, 11) is 3.13. The Labute approximate surface area is 134 Å². The van der Waals surface area contributed by atoms with Gasteiger partial charge in [-0.1, -0.05) is 12.1 Å². The minimum absolute atomic E-state index is 0.157. The maximum Gasteiger partial charge on any atom is 0.426 e. The summed E-state index contributed by atoms with van der Waals surface area (Å²) in [5.41, 5.74) is 0.715. The van der Waals surface area contributed by atoms with Gasteiger partial charge in [-0.05, 0) is 19.9 Å². The Morgan fingerprint density at radius 1 is 1.27 bits per heavy atom. The number of hydrogen-bond donors (Lipinski definition) is 0. The monoisotopic (exact) mass is 324 g/mol. The number of hydrogen-bond acceptors (Lipinski definition) is 5. The predicted molar refractivity (Wildman–Crippen MR) is 84.7 cm³/mol. The van der Waals surface area contributed by atoms with E-state index in [2.05, 4.69) is 0 Å². The third-order valence-corrected chi connectivity index (χ3v) is 4.09. The number of nitrogens with zero attached hydrogens (tertiary/aromatic N) is 2. The van der Waals surface area contributed by atoms with Gasteiger partial charge >= 0.3 is 6.09 Å². The van der Waals surface area contributed by atoms with E-state index < -0.39 is 6.09 Å². The van der Waals surface area contributed by atoms with E-state index in [1.165, 1.54) is 15.5 Å². The average molecular weight is 324 g/mol. The number of benzene rings is 1. The van der Waals surface area contributed by atoms with Gasteiger partial charge in [-0.25, -0.2) is 9.10 Å². The summed E-state index contributed by atoms with van der Waals surface area (Å²) < 4.78 is 13.8. The van der Waals surface area contributed by atoms with E-state index in [-0.39, 0.29) is 11.5 Å². The number of amides is 2. The Balaban J connectivity index is 2.08. The molecule has 0 radical (unpaired) electrons. The Bertz CT molecular complexity index is 603. The van der Waals surface area contributed by atoms with Gasteiger partial charge in [0.25, 0.3) is 0 Å². The topological polar surface area (TPSA) is 59.1 Å². The van der Waals surface area contributed by atoms with Crippen LogP contribution in [0.5, 0.6) is 11.5 Å². The molecule has 0 unspecified atom stereocenters. The van der Waals surface area contributed by atoms with Crippen molar-refractivity contribution in [3.05, 3.63) is 23.8 Å². The zero-order valence-corrected chi connectivity index (χ0v) is 14.2. The zero-order chi connectivity index (χ0) is 16.5. The lowest BCUT2D eigenvalue weighted by Gasteiger charge is -2.21. The number of rotatable bonds is 3. The molecule has 2 rings (SSSR count). The molecule has 1 aromatic rings. The maximum absolute atomic E-state index is 12.1. The van der Waals surface area contributed by atoms with Crippen LogP contribution in [0, 0.1) is 0 Å². The van der Waals surface area contributed by atoms with Crippen molar-refractivity contribution < 1.29 is 19.1 Å². The SMILES string of the molecule is CC(=O)N(C)SN(C)C(=O)Oc1cccc2c1OC(C)(C)C2. The molecule has 120 valence electrons. The van der Waals surface area contributed by atoms with Gasteiger partial charge in [0.05, 0.1) is 12.1 Å². The van der Waals surface area contributed by atoms with E-state index >= 15 is 0 Å². The molecule has 0 saturated carbocycles. The van der Waals surface area contributed by atoms with Gasteiger partial charge in [-0.2, -0.15) is 0 Å². The molecular formula is C15H20N2O4S. The average Bonchev–Trinajstić information content (AvgIpc) is 2.73. The Hall–Kier alpha value is -1.89. The lowest BCUT2D eigenvalue weighted by Crippen LogP contribution is -2.30. The summed E-state index contributed by atoms with van der Waals surface area (Å²) in [6.07, 6.45) is 0.200. The quantitative estimate of drug-likeness (QED) is 0.800. The molecule has 0 spiro atoms. The summed E-state index contributed by atoms with van der Waals surface area (Å²) in [6.45, 7) is 5.40. The molecule has 0 fully saturated rings. The summed E-state index contributed by atoms with van der Waals surface area (Å²) in [5.74, 6) is 0.848.